The van der Waals surface area contributed by atoms with Gasteiger partial charge < -0.3 is 5.32 Å². The van der Waals surface area contributed by atoms with Crippen molar-refractivity contribution in [3.05, 3.63) is 82.1 Å². The molecule has 0 aliphatic carbocycles. The molecule has 6 heteroatoms. The summed E-state index contributed by atoms with van der Waals surface area (Å²) in [7, 11) is 0. The third-order valence-electron chi connectivity index (χ3n) is 3.79. The zero-order chi connectivity index (χ0) is 15.8. The van der Waals surface area contributed by atoms with Crippen LogP contribution in [0.15, 0.2) is 60.9 Å². The average Bonchev–Trinajstić information content (AvgIpc) is 3.04. The van der Waals surface area contributed by atoms with Gasteiger partial charge in [0.1, 0.15) is 12.4 Å². The number of halogens is 2. The van der Waals surface area contributed by atoms with E-state index in [0.717, 1.165) is 16.8 Å². The number of anilines is 1. The molecule has 4 rings (SSSR count). The minimum atomic E-state index is -0.217. The van der Waals surface area contributed by atoms with Crippen LogP contribution in [0.5, 0.6) is 0 Å². The third kappa shape index (κ3) is 2.50. The van der Waals surface area contributed by atoms with Crippen molar-refractivity contribution in [2.24, 2.45) is 0 Å². The van der Waals surface area contributed by atoms with Crippen LogP contribution in [0.25, 0.3) is 5.70 Å². The zero-order valence-corrected chi connectivity index (χ0v) is 13.5. The van der Waals surface area contributed by atoms with Gasteiger partial charge in [-0.15, -0.1) is 0 Å². The van der Waals surface area contributed by atoms with Gasteiger partial charge >= 0.3 is 0 Å². The Labute approximate surface area is 143 Å². The van der Waals surface area contributed by atoms with Crippen molar-refractivity contribution in [2.45, 2.75) is 6.04 Å². The van der Waals surface area contributed by atoms with Crippen molar-refractivity contribution >= 4 is 34.8 Å². The molecule has 2 heterocycles. The molecule has 0 fully saturated rings. The molecule has 1 aliphatic rings. The molecule has 0 saturated heterocycles. The van der Waals surface area contributed by atoms with E-state index in [1.807, 2.05) is 48.5 Å². The number of benzene rings is 2. The lowest BCUT2D eigenvalue weighted by atomic mass is 10.0. The molecule has 1 aromatic heterocycles. The van der Waals surface area contributed by atoms with E-state index in [0.29, 0.717) is 16.0 Å². The first kappa shape index (κ1) is 14.3. The van der Waals surface area contributed by atoms with Crippen LogP contribution >= 0.6 is 23.2 Å². The fraction of sp³-hybridized carbons (Fsp3) is 0.0588. The lowest BCUT2D eigenvalue weighted by Gasteiger charge is -2.25. The molecular weight excluding hydrogens is 331 g/mol. The summed E-state index contributed by atoms with van der Waals surface area (Å²) in [5.41, 5.74) is 2.83. The van der Waals surface area contributed by atoms with E-state index in [9.17, 15) is 0 Å². The number of fused-ring (bicyclic) bond motifs is 1. The molecule has 0 saturated carbocycles. The standard InChI is InChI=1S/C17H12Cl2N4/c18-12-7-4-8-13(19)16(12)15-9-14(11-5-2-1-3-6-11)22-17-20-10-21-23(15)17/h1-10,15H,(H,20,21,22). The Bertz CT molecular complexity index is 866. The summed E-state index contributed by atoms with van der Waals surface area (Å²) in [6.07, 6.45) is 3.58. The molecule has 0 spiro atoms. The Morgan fingerprint density at radius 1 is 0.957 bits per heavy atom. The van der Waals surface area contributed by atoms with Crippen molar-refractivity contribution < 1.29 is 0 Å². The number of hydrogen-bond acceptors (Lipinski definition) is 3. The minimum absolute atomic E-state index is 0.217. The van der Waals surface area contributed by atoms with Crippen molar-refractivity contribution in [3.63, 3.8) is 0 Å². The van der Waals surface area contributed by atoms with Crippen molar-refractivity contribution in [2.75, 3.05) is 5.32 Å². The molecule has 1 aliphatic heterocycles. The van der Waals surface area contributed by atoms with E-state index >= 15 is 0 Å². The van der Waals surface area contributed by atoms with Crippen molar-refractivity contribution in [1.82, 2.24) is 14.8 Å². The maximum Gasteiger partial charge on any atom is 0.226 e. The van der Waals surface area contributed by atoms with E-state index in [-0.39, 0.29) is 6.04 Å². The molecule has 0 bridgehead atoms. The maximum atomic E-state index is 6.39. The second-order valence-electron chi connectivity index (χ2n) is 5.18. The lowest BCUT2D eigenvalue weighted by Crippen LogP contribution is -2.20. The smallest absolute Gasteiger partial charge is 0.226 e. The molecular formula is C17H12Cl2N4. The summed E-state index contributed by atoms with van der Waals surface area (Å²) in [6, 6.07) is 15.3. The first-order valence-corrected chi connectivity index (χ1v) is 7.87. The molecule has 23 heavy (non-hydrogen) atoms. The van der Waals surface area contributed by atoms with Gasteiger partial charge in [-0.05, 0) is 23.8 Å². The summed E-state index contributed by atoms with van der Waals surface area (Å²) in [5.74, 6) is 0.660. The quantitative estimate of drug-likeness (QED) is 0.737. The fourth-order valence-electron chi connectivity index (χ4n) is 2.72. The molecule has 114 valence electrons. The predicted octanol–water partition coefficient (Wildman–Crippen LogP) is 4.64. The largest absolute Gasteiger partial charge is 0.324 e. The minimum Gasteiger partial charge on any atom is -0.324 e. The van der Waals surface area contributed by atoms with Gasteiger partial charge in [-0.25, -0.2) is 4.68 Å². The van der Waals surface area contributed by atoms with Crippen LogP contribution in [0, 0.1) is 0 Å². The van der Waals surface area contributed by atoms with Gasteiger partial charge in [0.15, 0.2) is 0 Å². The van der Waals surface area contributed by atoms with Crippen LogP contribution in [0.4, 0.5) is 5.95 Å². The monoisotopic (exact) mass is 342 g/mol. The Hall–Kier alpha value is -2.30. The van der Waals surface area contributed by atoms with E-state index in [2.05, 4.69) is 21.5 Å². The highest BCUT2D eigenvalue weighted by Crippen LogP contribution is 2.38. The summed E-state index contributed by atoms with van der Waals surface area (Å²) in [5, 5.41) is 8.81. The SMILES string of the molecule is Clc1cccc(Cl)c1C1C=C(c2ccccc2)Nc2ncnn21. The normalized spacial score (nSPS) is 16.4. The number of hydrogen-bond donors (Lipinski definition) is 1. The zero-order valence-electron chi connectivity index (χ0n) is 11.9. The summed E-state index contributed by atoms with van der Waals surface area (Å²) < 4.78 is 1.78. The van der Waals surface area contributed by atoms with Crippen LogP contribution in [-0.4, -0.2) is 14.8 Å². The van der Waals surface area contributed by atoms with Gasteiger partial charge in [0, 0.05) is 21.3 Å². The van der Waals surface area contributed by atoms with Crippen LogP contribution in [0.1, 0.15) is 17.2 Å². The molecule has 1 unspecified atom stereocenters. The van der Waals surface area contributed by atoms with Gasteiger partial charge in [0.05, 0.1) is 0 Å². The van der Waals surface area contributed by atoms with Crippen molar-refractivity contribution in [1.29, 1.82) is 0 Å². The second-order valence-corrected chi connectivity index (χ2v) is 5.99. The second kappa shape index (κ2) is 5.72. The number of nitrogens with one attached hydrogen (secondary N) is 1. The predicted molar refractivity (Wildman–Crippen MR) is 92.7 cm³/mol. The Kier molecular flexibility index (Phi) is 3.56. The maximum absolute atomic E-state index is 6.39. The summed E-state index contributed by atoms with van der Waals surface area (Å²) in [6.45, 7) is 0. The highest BCUT2D eigenvalue weighted by Gasteiger charge is 2.26. The third-order valence-corrected chi connectivity index (χ3v) is 4.45. The van der Waals surface area contributed by atoms with Crippen LogP contribution in [-0.2, 0) is 0 Å². The first-order valence-electron chi connectivity index (χ1n) is 7.12. The molecule has 3 aromatic rings. The van der Waals surface area contributed by atoms with E-state index in [1.54, 1.807) is 4.68 Å². The van der Waals surface area contributed by atoms with Crippen LogP contribution in [0.2, 0.25) is 10.0 Å². The number of aromatic nitrogens is 3. The Balaban J connectivity index is 1.89. The molecule has 0 amide bonds. The Morgan fingerprint density at radius 2 is 1.70 bits per heavy atom. The molecule has 2 aromatic carbocycles. The number of nitrogens with zero attached hydrogens (tertiary/aromatic N) is 3. The molecule has 4 nitrogen and oxygen atoms in total. The first-order chi connectivity index (χ1) is 11.2. The van der Waals surface area contributed by atoms with Crippen LogP contribution < -0.4 is 5.32 Å². The average molecular weight is 343 g/mol. The Morgan fingerprint density at radius 3 is 2.43 bits per heavy atom. The van der Waals surface area contributed by atoms with Gasteiger partial charge in [-0.2, -0.15) is 10.1 Å². The van der Waals surface area contributed by atoms with Gasteiger partial charge in [-0.3, -0.25) is 0 Å². The topological polar surface area (TPSA) is 42.7 Å². The number of rotatable bonds is 2. The highest BCUT2D eigenvalue weighted by atomic mass is 35.5. The van der Waals surface area contributed by atoms with Crippen molar-refractivity contribution in [3.8, 4) is 0 Å². The van der Waals surface area contributed by atoms with Crippen LogP contribution in [0.3, 0.4) is 0 Å². The summed E-state index contributed by atoms with van der Waals surface area (Å²) in [4.78, 5) is 4.28. The molecule has 1 atom stereocenters. The lowest BCUT2D eigenvalue weighted by molar-refractivity contribution is 0.612. The summed E-state index contributed by atoms with van der Waals surface area (Å²) >= 11 is 12.8. The van der Waals surface area contributed by atoms with E-state index in [4.69, 9.17) is 23.2 Å². The van der Waals surface area contributed by atoms with Gasteiger partial charge in [0.25, 0.3) is 0 Å². The van der Waals surface area contributed by atoms with E-state index in [1.165, 1.54) is 6.33 Å². The molecule has 0 radical (unpaired) electrons. The van der Waals surface area contributed by atoms with Gasteiger partial charge in [0.2, 0.25) is 5.95 Å². The molecule has 1 N–H and O–H groups in total. The van der Waals surface area contributed by atoms with Gasteiger partial charge in [-0.1, -0.05) is 59.6 Å². The fourth-order valence-corrected chi connectivity index (χ4v) is 3.34. The van der Waals surface area contributed by atoms with E-state index < -0.39 is 0 Å². The number of allylic oxidation sites excluding steroid dienone is 1. The highest BCUT2D eigenvalue weighted by molar-refractivity contribution is 6.36.